The quantitative estimate of drug-likeness (QED) is 0.101. The third-order valence-corrected chi connectivity index (χ3v) is 7.60. The van der Waals surface area contributed by atoms with Gasteiger partial charge < -0.3 is 19.5 Å². The molecule has 254 valence electrons. The van der Waals surface area contributed by atoms with Crippen molar-refractivity contribution in [3.8, 4) is 5.75 Å². The highest BCUT2D eigenvalue weighted by Gasteiger charge is 2.33. The van der Waals surface area contributed by atoms with Gasteiger partial charge in [-0.15, -0.1) is 0 Å². The molecule has 1 heterocycles. The fourth-order valence-corrected chi connectivity index (χ4v) is 4.65. The van der Waals surface area contributed by atoms with E-state index in [1.807, 2.05) is 13.8 Å². The van der Waals surface area contributed by atoms with Crippen molar-refractivity contribution in [2.24, 2.45) is 11.8 Å². The van der Waals surface area contributed by atoms with E-state index in [2.05, 4.69) is 10.2 Å². The molecular formula is C36H41N3O9. The number of rotatable bonds is 19. The average Bonchev–Trinajstić information content (AvgIpc) is 3.33. The van der Waals surface area contributed by atoms with E-state index >= 15 is 0 Å². The molecule has 1 aliphatic heterocycles. The van der Waals surface area contributed by atoms with Crippen LogP contribution in [0.2, 0.25) is 0 Å². The van der Waals surface area contributed by atoms with Crippen LogP contribution in [0.25, 0.3) is 4.85 Å². The predicted octanol–water partition coefficient (Wildman–Crippen LogP) is 4.28. The molecule has 1 aliphatic rings. The number of carbonyl (C=O) groups excluding carboxylic acids is 6. The Morgan fingerprint density at radius 2 is 1.65 bits per heavy atom. The van der Waals surface area contributed by atoms with Gasteiger partial charge in [-0.1, -0.05) is 57.2 Å². The van der Waals surface area contributed by atoms with Gasteiger partial charge in [-0.2, -0.15) is 0 Å². The van der Waals surface area contributed by atoms with E-state index in [-0.39, 0.29) is 68.9 Å². The van der Waals surface area contributed by atoms with Gasteiger partial charge in [0.25, 0.3) is 11.8 Å². The number of benzene rings is 2. The highest BCUT2D eigenvalue weighted by atomic mass is 16.5. The molecule has 12 heteroatoms. The van der Waals surface area contributed by atoms with Crippen LogP contribution in [-0.2, 0) is 51.3 Å². The fraction of sp³-hybridized carbons (Fsp3) is 0.417. The maximum Gasteiger partial charge on any atom is 0.305 e. The Bertz CT molecular complexity index is 1590. The van der Waals surface area contributed by atoms with Crippen LogP contribution in [0.5, 0.6) is 5.75 Å². The van der Waals surface area contributed by atoms with E-state index in [1.54, 1.807) is 31.2 Å². The summed E-state index contributed by atoms with van der Waals surface area (Å²) < 4.78 is 23.4. The normalized spacial score (nSPS) is 14.8. The molecule has 1 unspecified atom stereocenters. The number of carbonyl (C=O) groups is 6. The second kappa shape index (κ2) is 18.3. The second-order valence-corrected chi connectivity index (χ2v) is 11.6. The summed E-state index contributed by atoms with van der Waals surface area (Å²) in [5, 5.41) is 2.74. The minimum Gasteiger partial charge on any atom is -0.461 e. The Hall–Kier alpha value is -5.15. The average molecular weight is 662 g/mol. The van der Waals surface area contributed by atoms with Crippen LogP contribution in [0.1, 0.15) is 59.4 Å². The number of esters is 1. The minimum atomic E-state index is -0.965. The van der Waals surface area contributed by atoms with Crippen molar-refractivity contribution in [2.45, 2.75) is 66.0 Å². The molecule has 3 amide bonds. The number of nitrogens with one attached hydrogen (secondary N) is 1. The fourth-order valence-electron chi connectivity index (χ4n) is 4.65. The standard InChI is InChI=1S/C36H41N3O9/c1-6-34(43)47-22-26-9-7-25(8-10-26)19-31(41)24(4)38-35(44)30(23(2)3)20-28(40)15-17-46-18-16-39-33(42)21-32(36(39)45)48-29-13-11-27(37-5)12-14-29/h7-14,21,23-24,30H,6,15-20,22H2,1-4H3,(H,38,44)/t24-,30-/m0/s1/i6T/t6?,24-,30-. The van der Waals surface area contributed by atoms with E-state index in [4.69, 9.17) is 22.2 Å². The molecule has 3 rings (SSSR count). The molecule has 0 saturated carbocycles. The molecule has 12 nitrogen and oxygen atoms in total. The summed E-state index contributed by atoms with van der Waals surface area (Å²) in [5.41, 5.74) is 1.85. The molecule has 2 aromatic rings. The summed E-state index contributed by atoms with van der Waals surface area (Å²) in [4.78, 5) is 79.3. The Kier molecular flexibility index (Phi) is 13.6. The largest absolute Gasteiger partial charge is 0.461 e. The van der Waals surface area contributed by atoms with Gasteiger partial charge in [0, 0.05) is 32.9 Å². The zero-order valence-corrected chi connectivity index (χ0v) is 27.5. The molecule has 0 aliphatic carbocycles. The predicted molar refractivity (Wildman–Crippen MR) is 174 cm³/mol. The van der Waals surface area contributed by atoms with Crippen molar-refractivity contribution in [2.75, 3.05) is 19.8 Å². The molecule has 0 bridgehead atoms. The molecular weight excluding hydrogens is 618 g/mol. The summed E-state index contributed by atoms with van der Waals surface area (Å²) in [6.45, 7) is 13.7. The van der Waals surface area contributed by atoms with Gasteiger partial charge >= 0.3 is 5.97 Å². The van der Waals surface area contributed by atoms with Crippen molar-refractivity contribution in [1.29, 1.82) is 0 Å². The van der Waals surface area contributed by atoms with Gasteiger partial charge in [0.05, 0.1) is 38.4 Å². The number of ketones is 2. The van der Waals surface area contributed by atoms with Crippen molar-refractivity contribution in [3.63, 3.8) is 0 Å². The van der Waals surface area contributed by atoms with Crippen LogP contribution in [0.4, 0.5) is 5.69 Å². The summed E-state index contributed by atoms with van der Waals surface area (Å²) in [7, 11) is 0. The molecule has 0 aromatic heterocycles. The molecule has 0 spiro atoms. The second-order valence-electron chi connectivity index (χ2n) is 11.6. The molecule has 0 fully saturated rings. The van der Waals surface area contributed by atoms with Crippen molar-refractivity contribution < 1.29 is 44.3 Å². The number of hydrogen-bond donors (Lipinski definition) is 1. The molecule has 0 radical (unpaired) electrons. The lowest BCUT2D eigenvalue weighted by Gasteiger charge is -2.22. The summed E-state index contributed by atoms with van der Waals surface area (Å²) >= 11 is 0. The highest BCUT2D eigenvalue weighted by Crippen LogP contribution is 2.23. The monoisotopic (exact) mass is 661 g/mol. The summed E-state index contributed by atoms with van der Waals surface area (Å²) in [5.74, 6) is -3.26. The molecule has 0 saturated heterocycles. The van der Waals surface area contributed by atoms with Crippen molar-refractivity contribution in [3.05, 3.63) is 82.9 Å². The smallest absolute Gasteiger partial charge is 0.305 e. The first kappa shape index (κ1) is 35.7. The first-order valence-electron chi connectivity index (χ1n) is 16.2. The van der Waals surface area contributed by atoms with E-state index in [1.165, 1.54) is 31.2 Å². The van der Waals surface area contributed by atoms with Crippen molar-refractivity contribution in [1.82, 2.24) is 10.2 Å². The maximum atomic E-state index is 13.1. The van der Waals surface area contributed by atoms with Gasteiger partial charge in [0.1, 0.15) is 18.1 Å². The van der Waals surface area contributed by atoms with E-state index in [9.17, 15) is 28.8 Å². The van der Waals surface area contributed by atoms with Gasteiger partial charge in [-0.3, -0.25) is 33.7 Å². The highest BCUT2D eigenvalue weighted by molar-refractivity contribution is 6.15. The molecule has 2 aromatic carbocycles. The van der Waals surface area contributed by atoms with Crippen LogP contribution in [0.3, 0.4) is 0 Å². The number of Topliss-reactive ketones (excluding diaryl/α,β-unsaturated/α-hetero) is 2. The lowest BCUT2D eigenvalue weighted by Crippen LogP contribution is -2.44. The first-order valence-corrected chi connectivity index (χ1v) is 15.6. The van der Waals surface area contributed by atoms with E-state index in [0.29, 0.717) is 11.4 Å². The lowest BCUT2D eigenvalue weighted by atomic mass is 9.88. The summed E-state index contributed by atoms with van der Waals surface area (Å²) in [6.07, 6.45) is 0.182. The van der Waals surface area contributed by atoms with Gasteiger partial charge in [-0.25, -0.2) is 4.85 Å². The third kappa shape index (κ3) is 11.3. The molecule has 1 N–H and O–H groups in total. The molecule has 48 heavy (non-hydrogen) atoms. The van der Waals surface area contributed by atoms with Gasteiger partial charge in [0.15, 0.2) is 17.2 Å². The Morgan fingerprint density at radius 1 is 0.979 bits per heavy atom. The Labute approximate surface area is 281 Å². The van der Waals surface area contributed by atoms with Crippen LogP contribution in [0.15, 0.2) is 60.4 Å². The summed E-state index contributed by atoms with van der Waals surface area (Å²) in [6, 6.07) is 12.3. The van der Waals surface area contributed by atoms with E-state index in [0.717, 1.165) is 22.1 Å². The topological polar surface area (TPSA) is 150 Å². The Morgan fingerprint density at radius 3 is 2.27 bits per heavy atom. The number of nitrogens with zero attached hydrogens (tertiary/aromatic N) is 2. The van der Waals surface area contributed by atoms with Crippen LogP contribution in [-0.4, -0.2) is 66.0 Å². The zero-order valence-electron chi connectivity index (χ0n) is 28.5. The number of amides is 3. The van der Waals surface area contributed by atoms with Crippen LogP contribution >= 0.6 is 0 Å². The number of imide groups is 1. The van der Waals surface area contributed by atoms with Crippen LogP contribution < -0.4 is 10.1 Å². The number of hydrogen-bond acceptors (Lipinski definition) is 9. The molecule has 3 atom stereocenters. The van der Waals surface area contributed by atoms with Gasteiger partial charge in [0.2, 0.25) is 5.91 Å². The Balaban J connectivity index is 1.38. The minimum absolute atomic E-state index is 0.000753. The van der Waals surface area contributed by atoms with Gasteiger partial charge in [-0.05, 0) is 36.1 Å². The third-order valence-electron chi connectivity index (χ3n) is 7.60. The SMILES string of the molecule is [3H]C(C)C(=O)OCc1ccc(CC(=O)[C@H](C)NC(=O)[C@@H](CC(=O)CCOCCN2C(=O)C=C(Oc3ccc([N+]#[C-])cc3)C2=O)C(C)C)cc1. The lowest BCUT2D eigenvalue weighted by molar-refractivity contribution is -0.144. The van der Waals surface area contributed by atoms with Crippen molar-refractivity contribution >= 4 is 40.9 Å². The van der Waals surface area contributed by atoms with Crippen LogP contribution in [0, 0.1) is 18.4 Å². The maximum absolute atomic E-state index is 13.1. The first-order chi connectivity index (χ1) is 23.3. The van der Waals surface area contributed by atoms with E-state index < -0.39 is 42.0 Å². The zero-order chi connectivity index (χ0) is 36.1. The number of ether oxygens (including phenoxy) is 3.